The van der Waals surface area contributed by atoms with Crippen LogP contribution < -0.4 is 0 Å². The van der Waals surface area contributed by atoms with Gasteiger partial charge >= 0.3 is 0 Å². The molecule has 0 bridgehead atoms. The van der Waals surface area contributed by atoms with Gasteiger partial charge in [-0.2, -0.15) is 0 Å². The molecule has 2 rings (SSSR count). The lowest BCUT2D eigenvalue weighted by Gasteiger charge is -2.53. The zero-order valence-electron chi connectivity index (χ0n) is 9.54. The lowest BCUT2D eigenvalue weighted by Crippen LogP contribution is -2.58. The molecule has 0 N–H and O–H groups in total. The smallest absolute Gasteiger partial charge is 0.109 e. The maximum absolute atomic E-state index is 5.06. The van der Waals surface area contributed by atoms with Gasteiger partial charge < -0.3 is 12.9 Å². The SMILES string of the molecule is CN1CC2(CCN(CCCOI)CC2)C1. The normalized spacial score (nSPS) is 26.8. The molecule has 4 heteroatoms. The third kappa shape index (κ3) is 3.05. The summed E-state index contributed by atoms with van der Waals surface area (Å²) in [7, 11) is 2.23. The number of likely N-dealkylation sites (tertiary alicyclic amines) is 2. The zero-order valence-corrected chi connectivity index (χ0v) is 11.7. The third-order valence-electron chi connectivity index (χ3n) is 3.82. The van der Waals surface area contributed by atoms with Gasteiger partial charge in [0.2, 0.25) is 0 Å². The molecule has 88 valence electrons. The number of piperidine rings is 1. The Bertz CT molecular complexity index is 197. The van der Waals surface area contributed by atoms with Crippen molar-refractivity contribution < 1.29 is 3.07 Å². The van der Waals surface area contributed by atoms with E-state index in [2.05, 4.69) is 16.8 Å². The van der Waals surface area contributed by atoms with Gasteiger partial charge in [-0.25, -0.2) is 0 Å². The Morgan fingerprint density at radius 3 is 2.47 bits per heavy atom. The van der Waals surface area contributed by atoms with Crippen molar-refractivity contribution in [3.05, 3.63) is 0 Å². The number of hydrogen-bond acceptors (Lipinski definition) is 3. The van der Waals surface area contributed by atoms with E-state index in [1.54, 1.807) is 0 Å². The van der Waals surface area contributed by atoms with Gasteiger partial charge in [0.15, 0.2) is 0 Å². The minimum Gasteiger partial charge on any atom is -0.316 e. The van der Waals surface area contributed by atoms with Crippen LogP contribution in [0.15, 0.2) is 0 Å². The molecule has 0 aromatic carbocycles. The molecule has 3 nitrogen and oxygen atoms in total. The highest BCUT2D eigenvalue weighted by Gasteiger charge is 2.42. The molecule has 2 fully saturated rings. The summed E-state index contributed by atoms with van der Waals surface area (Å²) >= 11 is 1.98. The molecule has 0 unspecified atom stereocenters. The van der Waals surface area contributed by atoms with Crippen LogP contribution in [0.5, 0.6) is 0 Å². The average molecular weight is 324 g/mol. The van der Waals surface area contributed by atoms with Crippen molar-refractivity contribution in [3.63, 3.8) is 0 Å². The molecular weight excluding hydrogens is 303 g/mol. The molecule has 2 aliphatic heterocycles. The predicted octanol–water partition coefficient (Wildman–Crippen LogP) is 1.77. The van der Waals surface area contributed by atoms with Crippen LogP contribution in [-0.2, 0) is 3.07 Å². The molecule has 0 amide bonds. The average Bonchev–Trinajstić information content (AvgIpc) is 2.19. The standard InChI is InChI=1S/C11H21IN2O/c1-13-9-11(10-13)3-6-14(7-4-11)5-2-8-15-12/h2-10H2,1H3. The summed E-state index contributed by atoms with van der Waals surface area (Å²) in [6.07, 6.45) is 3.99. The van der Waals surface area contributed by atoms with Crippen LogP contribution >= 0.6 is 23.0 Å². The highest BCUT2D eigenvalue weighted by molar-refractivity contribution is 14.1. The van der Waals surface area contributed by atoms with E-state index in [-0.39, 0.29) is 0 Å². The molecule has 0 aromatic heterocycles. The third-order valence-corrected chi connectivity index (χ3v) is 4.26. The summed E-state index contributed by atoms with van der Waals surface area (Å²) in [5, 5.41) is 0. The van der Waals surface area contributed by atoms with Gasteiger partial charge in [-0.15, -0.1) is 0 Å². The van der Waals surface area contributed by atoms with Crippen LogP contribution in [0.1, 0.15) is 19.3 Å². The fourth-order valence-electron chi connectivity index (χ4n) is 3.01. The van der Waals surface area contributed by atoms with E-state index in [1.807, 2.05) is 23.0 Å². The Balaban J connectivity index is 1.64. The molecule has 0 atom stereocenters. The molecule has 15 heavy (non-hydrogen) atoms. The monoisotopic (exact) mass is 324 g/mol. The van der Waals surface area contributed by atoms with E-state index in [1.165, 1.54) is 52.0 Å². The summed E-state index contributed by atoms with van der Waals surface area (Å²) < 4.78 is 5.06. The van der Waals surface area contributed by atoms with E-state index in [0.29, 0.717) is 5.41 Å². The first-order valence-electron chi connectivity index (χ1n) is 5.89. The Labute approximate surface area is 107 Å². The van der Waals surface area contributed by atoms with Gasteiger partial charge in [0, 0.05) is 19.6 Å². The van der Waals surface area contributed by atoms with Crippen molar-refractivity contribution in [2.24, 2.45) is 5.41 Å². The number of hydrogen-bond donors (Lipinski definition) is 0. The van der Waals surface area contributed by atoms with Gasteiger partial charge in [0.05, 0.1) is 6.61 Å². The summed E-state index contributed by atoms with van der Waals surface area (Å²) in [4.78, 5) is 5.04. The molecule has 2 saturated heterocycles. The molecule has 1 spiro atoms. The molecule has 2 heterocycles. The van der Waals surface area contributed by atoms with E-state index in [9.17, 15) is 0 Å². The van der Waals surface area contributed by atoms with Crippen LogP contribution in [0.3, 0.4) is 0 Å². The Morgan fingerprint density at radius 1 is 1.27 bits per heavy atom. The number of rotatable bonds is 4. The second kappa shape index (κ2) is 5.29. The first kappa shape index (κ1) is 12.1. The van der Waals surface area contributed by atoms with Crippen molar-refractivity contribution >= 4 is 23.0 Å². The topological polar surface area (TPSA) is 15.7 Å². The highest BCUT2D eigenvalue weighted by atomic mass is 127. The van der Waals surface area contributed by atoms with Gasteiger partial charge in [0.1, 0.15) is 23.0 Å². The van der Waals surface area contributed by atoms with E-state index in [0.717, 1.165) is 6.61 Å². The van der Waals surface area contributed by atoms with Crippen LogP contribution in [0.25, 0.3) is 0 Å². The minimum absolute atomic E-state index is 0.699. The molecule has 2 aliphatic rings. The Morgan fingerprint density at radius 2 is 1.93 bits per heavy atom. The quantitative estimate of drug-likeness (QED) is 0.579. The zero-order chi connectivity index (χ0) is 10.7. The van der Waals surface area contributed by atoms with Crippen LogP contribution in [0.4, 0.5) is 0 Å². The Kier molecular flexibility index (Phi) is 4.26. The van der Waals surface area contributed by atoms with Gasteiger partial charge in [-0.05, 0) is 44.8 Å². The second-order valence-electron chi connectivity index (χ2n) is 5.18. The van der Waals surface area contributed by atoms with Crippen molar-refractivity contribution in [2.75, 3.05) is 46.4 Å². The molecular formula is C11H21IN2O. The van der Waals surface area contributed by atoms with Crippen molar-refractivity contribution in [2.45, 2.75) is 19.3 Å². The molecule has 0 saturated carbocycles. The van der Waals surface area contributed by atoms with Crippen molar-refractivity contribution in [3.8, 4) is 0 Å². The number of nitrogens with zero attached hydrogens (tertiary/aromatic N) is 2. The van der Waals surface area contributed by atoms with Crippen LogP contribution in [0.2, 0.25) is 0 Å². The Hall–Kier alpha value is 0.610. The van der Waals surface area contributed by atoms with Crippen LogP contribution in [-0.4, -0.2) is 56.2 Å². The van der Waals surface area contributed by atoms with E-state index >= 15 is 0 Å². The summed E-state index contributed by atoms with van der Waals surface area (Å²) in [6, 6.07) is 0. The maximum atomic E-state index is 5.06. The highest BCUT2D eigenvalue weighted by Crippen LogP contribution is 2.39. The first-order chi connectivity index (χ1) is 7.24. The molecule has 0 aliphatic carbocycles. The summed E-state index contributed by atoms with van der Waals surface area (Å²) in [5.74, 6) is 0. The lowest BCUT2D eigenvalue weighted by atomic mass is 9.72. The fraction of sp³-hybridized carbons (Fsp3) is 1.00. The summed E-state index contributed by atoms with van der Waals surface area (Å²) in [5.41, 5.74) is 0.699. The predicted molar refractivity (Wildman–Crippen MR) is 70.2 cm³/mol. The largest absolute Gasteiger partial charge is 0.316 e. The van der Waals surface area contributed by atoms with Crippen LogP contribution in [0, 0.1) is 5.41 Å². The maximum Gasteiger partial charge on any atom is 0.109 e. The lowest BCUT2D eigenvalue weighted by molar-refractivity contribution is -0.0316. The molecule has 0 radical (unpaired) electrons. The summed E-state index contributed by atoms with van der Waals surface area (Å²) in [6.45, 7) is 7.37. The van der Waals surface area contributed by atoms with Gasteiger partial charge in [-0.3, -0.25) is 0 Å². The minimum atomic E-state index is 0.699. The van der Waals surface area contributed by atoms with Gasteiger partial charge in [0.25, 0.3) is 0 Å². The first-order valence-corrected chi connectivity index (χ1v) is 6.77. The van der Waals surface area contributed by atoms with Crippen molar-refractivity contribution in [1.29, 1.82) is 0 Å². The fourth-order valence-corrected chi connectivity index (χ4v) is 3.32. The number of halogens is 1. The van der Waals surface area contributed by atoms with E-state index in [4.69, 9.17) is 3.07 Å². The van der Waals surface area contributed by atoms with Gasteiger partial charge in [-0.1, -0.05) is 0 Å². The van der Waals surface area contributed by atoms with Crippen molar-refractivity contribution in [1.82, 2.24) is 9.80 Å². The van der Waals surface area contributed by atoms with E-state index < -0.39 is 0 Å². The molecule has 0 aromatic rings. The second-order valence-corrected chi connectivity index (χ2v) is 5.80.